The van der Waals surface area contributed by atoms with E-state index in [4.69, 9.17) is 20.5 Å². The Bertz CT molecular complexity index is 787. The molecular weight excluding hydrogens is 380 g/mol. The summed E-state index contributed by atoms with van der Waals surface area (Å²) >= 11 is 0. The fraction of sp³-hybridized carbons (Fsp3) is 0.455. The third kappa shape index (κ3) is 10.4. The highest BCUT2D eigenvalue weighted by molar-refractivity contribution is 5.84. The molecule has 0 spiro atoms. The topological polar surface area (TPSA) is 130 Å². The second-order valence-corrected chi connectivity index (χ2v) is 3.85. The number of fused-ring (bicyclic) bond motifs is 2. The molecule has 30 heavy (non-hydrogen) atoms. The van der Waals surface area contributed by atoms with Crippen molar-refractivity contribution in [2.24, 2.45) is 0 Å². The summed E-state index contributed by atoms with van der Waals surface area (Å²) in [5, 5.41) is 8.60. The summed E-state index contributed by atoms with van der Waals surface area (Å²) < 4.78 is 9.53. The Balaban J connectivity index is -0.000000162. The van der Waals surface area contributed by atoms with Crippen LogP contribution in [0.4, 0.5) is 11.6 Å². The van der Waals surface area contributed by atoms with Crippen LogP contribution in [0.25, 0.3) is 22.2 Å². The molecule has 0 fully saturated rings. The van der Waals surface area contributed by atoms with Crippen LogP contribution in [0.5, 0.6) is 0 Å². The van der Waals surface area contributed by atoms with E-state index in [-0.39, 0.29) is 14.9 Å². The van der Waals surface area contributed by atoms with Crippen LogP contribution in [-0.2, 0) is 0 Å². The normalized spacial score (nSPS) is 7.73. The predicted molar refractivity (Wildman–Crippen MR) is 131 cm³/mol. The Morgan fingerprint density at radius 2 is 0.900 bits per heavy atom. The number of rotatable bonds is 0. The van der Waals surface area contributed by atoms with Crippen LogP contribution in [0.3, 0.4) is 0 Å². The van der Waals surface area contributed by atoms with Gasteiger partial charge in [-0.3, -0.25) is 0 Å². The fourth-order valence-corrected chi connectivity index (χ4v) is 1.60. The second-order valence-electron chi connectivity index (χ2n) is 3.85. The molecule has 0 atom stereocenters. The summed E-state index contributed by atoms with van der Waals surface area (Å²) in [6.45, 7) is 16.0. The average Bonchev–Trinajstić information content (AvgIpc) is 3.38. The molecule has 0 radical (unpaired) electrons. The molecular formula is C22H42N6O2. The minimum absolute atomic E-state index is 0. The number of nitrogen functional groups attached to an aromatic ring is 2. The van der Waals surface area contributed by atoms with Crippen molar-refractivity contribution >= 4 is 33.8 Å². The first-order valence-corrected chi connectivity index (χ1v) is 9.67. The molecule has 8 nitrogen and oxygen atoms in total. The molecule has 0 saturated carbocycles. The third-order valence-electron chi connectivity index (χ3n) is 2.56. The lowest BCUT2D eigenvalue weighted by atomic mass is 10.3. The number of aromatic nitrogens is 4. The molecule has 172 valence electrons. The molecule has 0 aromatic carbocycles. The zero-order valence-electron chi connectivity index (χ0n) is 18.2. The lowest BCUT2D eigenvalue weighted by Crippen LogP contribution is -1.82. The van der Waals surface area contributed by atoms with Crippen LogP contribution in [0.2, 0.25) is 0 Å². The fourth-order valence-electron chi connectivity index (χ4n) is 1.60. The zero-order valence-corrected chi connectivity index (χ0v) is 18.2. The molecule has 8 heteroatoms. The lowest BCUT2D eigenvalue weighted by molar-refractivity contribution is 0.452. The Kier molecular flexibility index (Phi) is 25.3. The van der Waals surface area contributed by atoms with Gasteiger partial charge in [0.15, 0.2) is 11.6 Å². The van der Waals surface area contributed by atoms with Crippen molar-refractivity contribution < 1.29 is 9.05 Å². The number of nitrogens with two attached hydrogens (primary N) is 2. The molecule has 4 rings (SSSR count). The Hall–Kier alpha value is -3.16. The van der Waals surface area contributed by atoms with E-state index in [0.717, 1.165) is 10.8 Å². The number of pyridine rings is 2. The van der Waals surface area contributed by atoms with E-state index in [1.165, 1.54) is 0 Å². The summed E-state index contributed by atoms with van der Waals surface area (Å²) in [7, 11) is 0. The SMILES string of the molecule is C.C.CC.CC.CC.CC.Nc1noc2ncccc12.Nc1noc2ncccc12. The summed E-state index contributed by atoms with van der Waals surface area (Å²) in [5.41, 5.74) is 11.8. The Morgan fingerprint density at radius 1 is 0.600 bits per heavy atom. The standard InChI is InChI=1S/2C6H5N3O.4C2H6.2CH4/c2*7-5-4-2-1-3-8-6(4)10-9-5;4*1-2;;/h2*1-3H,(H2,7,9);4*1-2H3;2*1H4. The largest absolute Gasteiger partial charge is 0.380 e. The van der Waals surface area contributed by atoms with Crippen LogP contribution in [-0.4, -0.2) is 20.3 Å². The van der Waals surface area contributed by atoms with Crippen LogP contribution < -0.4 is 11.5 Å². The molecule has 0 bridgehead atoms. The van der Waals surface area contributed by atoms with Crippen molar-refractivity contribution in [2.45, 2.75) is 70.2 Å². The highest BCUT2D eigenvalue weighted by Gasteiger charge is 2.02. The molecule has 0 aliphatic rings. The monoisotopic (exact) mass is 422 g/mol. The smallest absolute Gasteiger partial charge is 0.259 e. The van der Waals surface area contributed by atoms with Crippen molar-refractivity contribution in [3.63, 3.8) is 0 Å². The maximum Gasteiger partial charge on any atom is 0.259 e. The van der Waals surface area contributed by atoms with Crippen LogP contribution >= 0.6 is 0 Å². The highest BCUT2D eigenvalue weighted by atomic mass is 16.5. The van der Waals surface area contributed by atoms with Gasteiger partial charge in [-0.15, -0.1) is 0 Å². The lowest BCUT2D eigenvalue weighted by Gasteiger charge is -1.81. The summed E-state index contributed by atoms with van der Waals surface area (Å²) in [5.74, 6) is 0.784. The van der Waals surface area contributed by atoms with E-state index >= 15 is 0 Å². The predicted octanol–water partition coefficient (Wildman–Crippen LogP) is 6.99. The molecule has 4 aromatic heterocycles. The minimum atomic E-state index is 0. The quantitative estimate of drug-likeness (QED) is 0.310. The van der Waals surface area contributed by atoms with Crippen molar-refractivity contribution in [1.29, 1.82) is 0 Å². The van der Waals surface area contributed by atoms with Crippen LogP contribution in [0, 0.1) is 0 Å². The molecule has 0 amide bonds. The van der Waals surface area contributed by atoms with E-state index in [9.17, 15) is 0 Å². The molecule has 4 aromatic rings. The van der Waals surface area contributed by atoms with E-state index in [2.05, 4.69) is 20.3 Å². The third-order valence-corrected chi connectivity index (χ3v) is 2.56. The summed E-state index contributed by atoms with van der Waals surface area (Å²) in [6.07, 6.45) is 3.26. The molecule has 0 aliphatic heterocycles. The van der Waals surface area contributed by atoms with E-state index in [1.54, 1.807) is 24.5 Å². The van der Waals surface area contributed by atoms with Gasteiger partial charge in [-0.1, -0.05) is 80.6 Å². The number of nitrogens with zero attached hydrogens (tertiary/aromatic N) is 4. The van der Waals surface area contributed by atoms with Crippen molar-refractivity contribution in [3.05, 3.63) is 36.7 Å². The Labute approximate surface area is 182 Å². The molecule has 4 heterocycles. The van der Waals surface area contributed by atoms with E-state index in [1.807, 2.05) is 67.5 Å². The molecule has 0 aliphatic carbocycles. The van der Waals surface area contributed by atoms with Crippen LogP contribution in [0.15, 0.2) is 45.7 Å². The van der Waals surface area contributed by atoms with Gasteiger partial charge in [0.05, 0.1) is 10.8 Å². The second kappa shape index (κ2) is 22.1. The van der Waals surface area contributed by atoms with Gasteiger partial charge >= 0.3 is 0 Å². The van der Waals surface area contributed by atoms with Crippen molar-refractivity contribution in [2.75, 3.05) is 11.5 Å². The molecule has 0 saturated heterocycles. The highest BCUT2D eigenvalue weighted by Crippen LogP contribution is 2.16. The first-order chi connectivity index (χ1) is 13.8. The summed E-state index contributed by atoms with van der Waals surface area (Å²) in [4.78, 5) is 7.79. The maximum absolute atomic E-state index is 5.43. The van der Waals surface area contributed by atoms with Gasteiger partial charge in [0, 0.05) is 12.4 Å². The van der Waals surface area contributed by atoms with E-state index in [0.29, 0.717) is 23.1 Å². The van der Waals surface area contributed by atoms with Gasteiger partial charge in [-0.05, 0) is 24.3 Å². The van der Waals surface area contributed by atoms with E-state index < -0.39 is 0 Å². The van der Waals surface area contributed by atoms with Gasteiger partial charge in [0.25, 0.3) is 11.4 Å². The molecule has 4 N–H and O–H groups in total. The van der Waals surface area contributed by atoms with Gasteiger partial charge in [-0.2, -0.15) is 0 Å². The number of anilines is 2. The van der Waals surface area contributed by atoms with Gasteiger partial charge in [0.2, 0.25) is 0 Å². The maximum atomic E-state index is 5.43. The van der Waals surface area contributed by atoms with Gasteiger partial charge in [-0.25, -0.2) is 9.97 Å². The molecule has 0 unspecified atom stereocenters. The average molecular weight is 423 g/mol. The van der Waals surface area contributed by atoms with Crippen molar-refractivity contribution in [3.8, 4) is 0 Å². The first kappa shape index (κ1) is 34.4. The number of hydrogen-bond donors (Lipinski definition) is 2. The van der Waals surface area contributed by atoms with Gasteiger partial charge in [0.1, 0.15) is 0 Å². The van der Waals surface area contributed by atoms with Crippen molar-refractivity contribution in [1.82, 2.24) is 20.3 Å². The minimum Gasteiger partial charge on any atom is -0.380 e. The van der Waals surface area contributed by atoms with Crippen LogP contribution in [0.1, 0.15) is 70.2 Å². The zero-order chi connectivity index (χ0) is 21.9. The number of hydrogen-bond acceptors (Lipinski definition) is 8. The summed E-state index contributed by atoms with van der Waals surface area (Å²) in [6, 6.07) is 7.20. The Morgan fingerprint density at radius 3 is 1.17 bits per heavy atom. The van der Waals surface area contributed by atoms with Gasteiger partial charge < -0.3 is 20.5 Å². The first-order valence-electron chi connectivity index (χ1n) is 9.67.